The fourth-order valence-electron chi connectivity index (χ4n) is 2.33. The standard InChI is InChI=1S/C17H18ClN3O5S/c1-3-7-20(9-15-19-14(10-27-15)17(23)26-4-2)16(22)12-6-5-11(21(24)25)8-13(12)18/h5-6,8,10H,3-4,7,9H2,1-2H3. The van der Waals surface area contributed by atoms with E-state index in [-0.39, 0.29) is 41.0 Å². The summed E-state index contributed by atoms with van der Waals surface area (Å²) in [5, 5.41) is 13.0. The Morgan fingerprint density at radius 3 is 2.70 bits per heavy atom. The van der Waals surface area contributed by atoms with E-state index in [9.17, 15) is 19.7 Å². The van der Waals surface area contributed by atoms with Gasteiger partial charge >= 0.3 is 5.97 Å². The number of thiazole rings is 1. The van der Waals surface area contributed by atoms with E-state index < -0.39 is 10.9 Å². The minimum absolute atomic E-state index is 0.0154. The first kappa shape index (κ1) is 20.8. The Balaban J connectivity index is 2.20. The lowest BCUT2D eigenvalue weighted by Crippen LogP contribution is -2.31. The number of esters is 1. The van der Waals surface area contributed by atoms with Crippen LogP contribution in [-0.2, 0) is 11.3 Å². The van der Waals surface area contributed by atoms with E-state index >= 15 is 0 Å². The fourth-order valence-corrected chi connectivity index (χ4v) is 3.36. The molecule has 1 aromatic heterocycles. The number of nitrogens with zero attached hydrogens (tertiary/aromatic N) is 3. The van der Waals surface area contributed by atoms with Crippen molar-refractivity contribution in [2.75, 3.05) is 13.2 Å². The second-order valence-corrected chi connectivity index (χ2v) is 6.84. The molecule has 10 heteroatoms. The van der Waals surface area contributed by atoms with Crippen molar-refractivity contribution in [3.63, 3.8) is 0 Å². The van der Waals surface area contributed by atoms with E-state index in [2.05, 4.69) is 4.98 Å². The Labute approximate surface area is 164 Å². The predicted octanol–water partition coefficient (Wildman–Crippen LogP) is 3.93. The first-order valence-corrected chi connectivity index (χ1v) is 9.47. The number of non-ortho nitro benzene ring substituents is 1. The van der Waals surface area contributed by atoms with E-state index in [0.29, 0.717) is 18.0 Å². The third-order valence-corrected chi connectivity index (χ3v) is 4.68. The van der Waals surface area contributed by atoms with Crippen LogP contribution in [0.1, 0.15) is 46.1 Å². The number of nitro benzene ring substituents is 1. The molecule has 2 rings (SSSR count). The summed E-state index contributed by atoms with van der Waals surface area (Å²) in [5.74, 6) is -0.864. The molecule has 1 amide bonds. The minimum Gasteiger partial charge on any atom is -0.461 e. The van der Waals surface area contributed by atoms with Gasteiger partial charge in [-0.2, -0.15) is 0 Å². The Hall–Kier alpha value is -2.52. The SMILES string of the molecule is CCCN(Cc1nc(C(=O)OCC)cs1)C(=O)c1ccc([N+](=O)[O-])cc1Cl. The lowest BCUT2D eigenvalue weighted by Gasteiger charge is -2.21. The molecule has 1 heterocycles. The van der Waals surface area contributed by atoms with Crippen LogP contribution < -0.4 is 0 Å². The van der Waals surface area contributed by atoms with Gasteiger partial charge < -0.3 is 9.64 Å². The number of nitro groups is 1. The van der Waals surface area contributed by atoms with Crippen molar-refractivity contribution in [3.8, 4) is 0 Å². The van der Waals surface area contributed by atoms with Crippen LogP contribution >= 0.6 is 22.9 Å². The van der Waals surface area contributed by atoms with E-state index in [1.54, 1.807) is 17.2 Å². The average Bonchev–Trinajstić information content (AvgIpc) is 3.09. The second kappa shape index (κ2) is 9.43. The third-order valence-electron chi connectivity index (χ3n) is 3.54. The van der Waals surface area contributed by atoms with Crippen molar-refractivity contribution in [1.82, 2.24) is 9.88 Å². The molecule has 0 bridgehead atoms. The van der Waals surface area contributed by atoms with Gasteiger partial charge in [0.2, 0.25) is 0 Å². The summed E-state index contributed by atoms with van der Waals surface area (Å²) in [4.78, 5) is 40.6. The number of aromatic nitrogens is 1. The lowest BCUT2D eigenvalue weighted by atomic mass is 10.1. The summed E-state index contributed by atoms with van der Waals surface area (Å²) < 4.78 is 4.91. The lowest BCUT2D eigenvalue weighted by molar-refractivity contribution is -0.384. The van der Waals surface area contributed by atoms with Gasteiger partial charge in [-0.15, -0.1) is 11.3 Å². The van der Waals surface area contributed by atoms with Gasteiger partial charge in [-0.1, -0.05) is 18.5 Å². The summed E-state index contributed by atoms with van der Waals surface area (Å²) in [7, 11) is 0. The Kier molecular flexibility index (Phi) is 7.26. The number of benzene rings is 1. The molecule has 0 atom stereocenters. The topological polar surface area (TPSA) is 103 Å². The third kappa shape index (κ3) is 5.24. The molecular weight excluding hydrogens is 394 g/mol. The number of ether oxygens (including phenoxy) is 1. The van der Waals surface area contributed by atoms with Crippen molar-refractivity contribution in [2.24, 2.45) is 0 Å². The number of rotatable bonds is 8. The number of carbonyl (C=O) groups is 2. The van der Waals surface area contributed by atoms with E-state index in [1.165, 1.54) is 23.5 Å². The van der Waals surface area contributed by atoms with Crippen LogP contribution in [0, 0.1) is 10.1 Å². The van der Waals surface area contributed by atoms with E-state index in [4.69, 9.17) is 16.3 Å². The molecule has 0 aliphatic rings. The van der Waals surface area contributed by atoms with Crippen LogP contribution in [0.5, 0.6) is 0 Å². The molecule has 0 radical (unpaired) electrons. The van der Waals surface area contributed by atoms with Crippen molar-refractivity contribution in [2.45, 2.75) is 26.8 Å². The normalized spacial score (nSPS) is 10.5. The molecule has 0 N–H and O–H groups in total. The molecule has 0 spiro atoms. The molecule has 1 aromatic carbocycles. The summed E-state index contributed by atoms with van der Waals surface area (Å²) in [6, 6.07) is 3.74. The molecule has 0 unspecified atom stereocenters. The molecule has 0 saturated heterocycles. The van der Waals surface area contributed by atoms with Crippen molar-refractivity contribution >= 4 is 40.5 Å². The largest absolute Gasteiger partial charge is 0.461 e. The van der Waals surface area contributed by atoms with Crippen LogP contribution in [0.25, 0.3) is 0 Å². The van der Waals surface area contributed by atoms with Gasteiger partial charge in [-0.05, 0) is 19.4 Å². The summed E-state index contributed by atoms with van der Waals surface area (Å²) in [6.07, 6.45) is 0.701. The zero-order chi connectivity index (χ0) is 20.0. The van der Waals surface area contributed by atoms with Crippen molar-refractivity contribution in [3.05, 3.63) is 55.0 Å². The molecule has 0 fully saturated rings. The Bertz CT molecular complexity index is 855. The number of carbonyl (C=O) groups excluding carboxylic acids is 2. The summed E-state index contributed by atoms with van der Waals surface area (Å²) >= 11 is 7.32. The molecule has 2 aromatic rings. The number of halogens is 1. The van der Waals surface area contributed by atoms with Gasteiger partial charge in [0.25, 0.3) is 11.6 Å². The predicted molar refractivity (Wildman–Crippen MR) is 101 cm³/mol. The number of hydrogen-bond donors (Lipinski definition) is 0. The molecule has 0 aliphatic heterocycles. The van der Waals surface area contributed by atoms with Crippen LogP contribution in [-0.4, -0.2) is 39.8 Å². The van der Waals surface area contributed by atoms with Gasteiger partial charge in [0.15, 0.2) is 5.69 Å². The van der Waals surface area contributed by atoms with Gasteiger partial charge in [-0.3, -0.25) is 14.9 Å². The maximum absolute atomic E-state index is 12.8. The molecule has 144 valence electrons. The van der Waals surface area contributed by atoms with E-state index in [0.717, 1.165) is 6.07 Å². The van der Waals surface area contributed by atoms with Crippen molar-refractivity contribution < 1.29 is 19.2 Å². The highest BCUT2D eigenvalue weighted by atomic mass is 35.5. The highest BCUT2D eigenvalue weighted by Crippen LogP contribution is 2.25. The van der Waals surface area contributed by atoms with Crippen molar-refractivity contribution in [1.29, 1.82) is 0 Å². The molecule has 27 heavy (non-hydrogen) atoms. The fraction of sp³-hybridized carbons (Fsp3) is 0.353. The van der Waals surface area contributed by atoms with E-state index in [1.807, 2.05) is 6.92 Å². The maximum Gasteiger partial charge on any atom is 0.357 e. The van der Waals surface area contributed by atoms with Gasteiger partial charge in [0.05, 0.1) is 28.7 Å². The molecular formula is C17H18ClN3O5S. The monoisotopic (exact) mass is 411 g/mol. The molecule has 0 aliphatic carbocycles. The van der Waals surface area contributed by atoms with Gasteiger partial charge in [-0.25, -0.2) is 9.78 Å². The quantitative estimate of drug-likeness (QED) is 0.370. The molecule has 8 nitrogen and oxygen atoms in total. The first-order chi connectivity index (χ1) is 12.9. The van der Waals surface area contributed by atoms with Gasteiger partial charge in [0.1, 0.15) is 5.01 Å². The average molecular weight is 412 g/mol. The Morgan fingerprint density at radius 1 is 1.37 bits per heavy atom. The smallest absolute Gasteiger partial charge is 0.357 e. The maximum atomic E-state index is 12.8. The van der Waals surface area contributed by atoms with Crippen LogP contribution in [0.4, 0.5) is 5.69 Å². The summed E-state index contributed by atoms with van der Waals surface area (Å²) in [6.45, 7) is 4.53. The number of amides is 1. The highest BCUT2D eigenvalue weighted by molar-refractivity contribution is 7.09. The number of hydrogen-bond acceptors (Lipinski definition) is 7. The second-order valence-electron chi connectivity index (χ2n) is 5.49. The first-order valence-electron chi connectivity index (χ1n) is 8.22. The highest BCUT2D eigenvalue weighted by Gasteiger charge is 2.22. The zero-order valence-electron chi connectivity index (χ0n) is 14.8. The van der Waals surface area contributed by atoms with Crippen LogP contribution in [0.15, 0.2) is 23.6 Å². The summed E-state index contributed by atoms with van der Waals surface area (Å²) in [5.41, 5.74) is 0.199. The Morgan fingerprint density at radius 2 is 2.11 bits per heavy atom. The molecule has 0 saturated carbocycles. The van der Waals surface area contributed by atoms with Crippen LogP contribution in [0.3, 0.4) is 0 Å². The van der Waals surface area contributed by atoms with Crippen LogP contribution in [0.2, 0.25) is 5.02 Å². The zero-order valence-corrected chi connectivity index (χ0v) is 16.4. The van der Waals surface area contributed by atoms with Gasteiger partial charge in [0, 0.05) is 24.1 Å². The minimum atomic E-state index is -0.573.